The summed E-state index contributed by atoms with van der Waals surface area (Å²) in [5, 5.41) is 6.01. The van der Waals surface area contributed by atoms with Crippen molar-refractivity contribution in [2.75, 3.05) is 23.8 Å². The first kappa shape index (κ1) is 15.6. The molecule has 4 aromatic rings. The number of carbonyl (C=O) groups is 1. The molecule has 1 N–H and O–H groups in total. The highest BCUT2D eigenvalue weighted by Gasteiger charge is 2.13. The Kier molecular flexibility index (Phi) is 4.07. The lowest BCUT2D eigenvalue weighted by Gasteiger charge is -2.16. The number of thiazole rings is 1. The van der Waals surface area contributed by atoms with E-state index in [1.54, 1.807) is 11.3 Å². The number of hydrogen-bond donors (Lipinski definition) is 1. The Morgan fingerprint density at radius 3 is 2.68 bits per heavy atom. The molecular weight excluding hydrogens is 330 g/mol. The van der Waals surface area contributed by atoms with E-state index in [1.807, 2.05) is 78.7 Å². The Balaban J connectivity index is 1.51. The standard InChI is InChI=1S/C20H17N3OS/c1-23(20-22-17-10-4-5-12-18(17)25-20)13-19(24)21-16-11-6-8-14-7-2-3-9-15(14)16/h2-12H,13H2,1H3,(H,21,24). The van der Waals surface area contributed by atoms with E-state index in [9.17, 15) is 4.79 Å². The number of anilines is 2. The zero-order chi connectivity index (χ0) is 17.2. The van der Waals surface area contributed by atoms with Gasteiger partial charge >= 0.3 is 0 Å². The molecule has 3 aromatic carbocycles. The van der Waals surface area contributed by atoms with Crippen LogP contribution in [0.2, 0.25) is 0 Å². The Morgan fingerprint density at radius 1 is 1.04 bits per heavy atom. The summed E-state index contributed by atoms with van der Waals surface area (Å²) in [6, 6.07) is 21.9. The molecule has 4 rings (SSSR count). The largest absolute Gasteiger partial charge is 0.342 e. The van der Waals surface area contributed by atoms with Gasteiger partial charge in [0.25, 0.3) is 0 Å². The molecule has 0 saturated heterocycles. The zero-order valence-electron chi connectivity index (χ0n) is 13.8. The van der Waals surface area contributed by atoms with E-state index >= 15 is 0 Å². The van der Waals surface area contributed by atoms with Gasteiger partial charge in [0.2, 0.25) is 5.91 Å². The van der Waals surface area contributed by atoms with Crippen molar-refractivity contribution in [3.8, 4) is 0 Å². The van der Waals surface area contributed by atoms with Crippen molar-refractivity contribution in [2.24, 2.45) is 0 Å². The molecule has 1 amide bonds. The maximum atomic E-state index is 12.5. The summed E-state index contributed by atoms with van der Waals surface area (Å²) in [5.41, 5.74) is 1.80. The van der Waals surface area contributed by atoms with Gasteiger partial charge in [0.15, 0.2) is 5.13 Å². The van der Waals surface area contributed by atoms with Crippen LogP contribution in [0.4, 0.5) is 10.8 Å². The van der Waals surface area contributed by atoms with Crippen molar-refractivity contribution < 1.29 is 4.79 Å². The molecule has 25 heavy (non-hydrogen) atoms. The van der Waals surface area contributed by atoms with Gasteiger partial charge in [-0.3, -0.25) is 4.79 Å². The van der Waals surface area contributed by atoms with Crippen LogP contribution >= 0.6 is 11.3 Å². The van der Waals surface area contributed by atoms with E-state index in [1.165, 1.54) is 0 Å². The first-order chi connectivity index (χ1) is 12.2. The zero-order valence-corrected chi connectivity index (χ0v) is 14.6. The first-order valence-corrected chi connectivity index (χ1v) is 8.87. The summed E-state index contributed by atoms with van der Waals surface area (Å²) in [4.78, 5) is 18.9. The van der Waals surface area contributed by atoms with E-state index in [2.05, 4.69) is 10.3 Å². The fraction of sp³-hybridized carbons (Fsp3) is 0.100. The molecule has 0 bridgehead atoms. The number of para-hydroxylation sites is 1. The number of amides is 1. The molecule has 0 aliphatic rings. The molecule has 0 unspecified atom stereocenters. The SMILES string of the molecule is CN(CC(=O)Nc1cccc2ccccc12)c1nc2ccccc2s1. The van der Waals surface area contributed by atoms with E-state index in [0.717, 1.165) is 31.8 Å². The number of nitrogens with zero attached hydrogens (tertiary/aromatic N) is 2. The summed E-state index contributed by atoms with van der Waals surface area (Å²) in [6.45, 7) is 0.253. The van der Waals surface area contributed by atoms with Gasteiger partial charge in [-0.1, -0.05) is 59.9 Å². The number of likely N-dealkylation sites (N-methyl/N-ethyl adjacent to an activating group) is 1. The molecule has 1 aromatic heterocycles. The van der Waals surface area contributed by atoms with Crippen molar-refractivity contribution >= 4 is 49.1 Å². The number of aromatic nitrogens is 1. The second-order valence-corrected chi connectivity index (χ2v) is 6.90. The monoisotopic (exact) mass is 347 g/mol. The number of hydrogen-bond acceptors (Lipinski definition) is 4. The van der Waals surface area contributed by atoms with Gasteiger partial charge in [0.1, 0.15) is 0 Å². The molecule has 0 saturated carbocycles. The molecule has 1 heterocycles. The molecule has 0 aliphatic heterocycles. The van der Waals surface area contributed by atoms with E-state index in [4.69, 9.17) is 0 Å². The molecule has 0 spiro atoms. The van der Waals surface area contributed by atoms with Crippen molar-refractivity contribution in [2.45, 2.75) is 0 Å². The van der Waals surface area contributed by atoms with Gasteiger partial charge in [-0.2, -0.15) is 0 Å². The van der Waals surface area contributed by atoms with Gasteiger partial charge < -0.3 is 10.2 Å². The smallest absolute Gasteiger partial charge is 0.243 e. The number of benzene rings is 3. The van der Waals surface area contributed by atoms with Crippen molar-refractivity contribution in [1.29, 1.82) is 0 Å². The Labute approximate surface area is 149 Å². The van der Waals surface area contributed by atoms with Crippen LogP contribution in [0.1, 0.15) is 0 Å². The molecule has 5 heteroatoms. The average Bonchev–Trinajstić information content (AvgIpc) is 3.06. The minimum absolute atomic E-state index is 0.0573. The lowest BCUT2D eigenvalue weighted by molar-refractivity contribution is -0.114. The van der Waals surface area contributed by atoms with Crippen molar-refractivity contribution in [3.63, 3.8) is 0 Å². The van der Waals surface area contributed by atoms with Crippen LogP contribution in [-0.2, 0) is 4.79 Å². The van der Waals surface area contributed by atoms with Gasteiger partial charge in [0, 0.05) is 18.1 Å². The van der Waals surface area contributed by atoms with Crippen molar-refractivity contribution in [1.82, 2.24) is 4.98 Å². The van der Waals surface area contributed by atoms with E-state index < -0.39 is 0 Å². The second-order valence-electron chi connectivity index (χ2n) is 5.90. The van der Waals surface area contributed by atoms with Crippen LogP contribution in [0.25, 0.3) is 21.0 Å². The van der Waals surface area contributed by atoms with Gasteiger partial charge in [-0.25, -0.2) is 4.98 Å². The summed E-state index contributed by atoms with van der Waals surface area (Å²) < 4.78 is 1.12. The minimum atomic E-state index is -0.0573. The highest BCUT2D eigenvalue weighted by molar-refractivity contribution is 7.22. The van der Waals surface area contributed by atoms with Crippen LogP contribution in [-0.4, -0.2) is 24.5 Å². The number of rotatable bonds is 4. The Bertz CT molecular complexity index is 1020. The van der Waals surface area contributed by atoms with Crippen molar-refractivity contribution in [3.05, 3.63) is 66.7 Å². The fourth-order valence-corrected chi connectivity index (χ4v) is 3.76. The molecule has 0 atom stereocenters. The summed E-state index contributed by atoms with van der Waals surface area (Å²) in [7, 11) is 1.89. The highest BCUT2D eigenvalue weighted by atomic mass is 32.1. The quantitative estimate of drug-likeness (QED) is 0.590. The van der Waals surface area contributed by atoms with E-state index in [0.29, 0.717) is 0 Å². The third kappa shape index (κ3) is 3.19. The summed E-state index contributed by atoms with van der Waals surface area (Å²) >= 11 is 1.59. The van der Waals surface area contributed by atoms with Crippen LogP contribution in [0.15, 0.2) is 66.7 Å². The second kappa shape index (κ2) is 6.53. The van der Waals surface area contributed by atoms with Gasteiger partial charge in [-0.15, -0.1) is 0 Å². The summed E-state index contributed by atoms with van der Waals surface area (Å²) in [5.74, 6) is -0.0573. The van der Waals surface area contributed by atoms with Crippen LogP contribution < -0.4 is 10.2 Å². The van der Waals surface area contributed by atoms with Crippen LogP contribution in [0.5, 0.6) is 0 Å². The van der Waals surface area contributed by atoms with E-state index in [-0.39, 0.29) is 12.5 Å². The third-order valence-electron chi connectivity index (χ3n) is 4.05. The molecule has 0 fully saturated rings. The Morgan fingerprint density at radius 2 is 1.80 bits per heavy atom. The van der Waals surface area contributed by atoms with Crippen LogP contribution in [0.3, 0.4) is 0 Å². The number of carbonyl (C=O) groups excluding carboxylic acids is 1. The maximum absolute atomic E-state index is 12.5. The topological polar surface area (TPSA) is 45.2 Å². The lowest BCUT2D eigenvalue weighted by Crippen LogP contribution is -2.30. The number of nitrogens with one attached hydrogen (secondary N) is 1. The molecule has 0 aliphatic carbocycles. The maximum Gasteiger partial charge on any atom is 0.243 e. The average molecular weight is 347 g/mol. The lowest BCUT2D eigenvalue weighted by atomic mass is 10.1. The Hall–Kier alpha value is -2.92. The fourth-order valence-electron chi connectivity index (χ4n) is 2.83. The third-order valence-corrected chi connectivity index (χ3v) is 5.20. The minimum Gasteiger partial charge on any atom is -0.342 e. The number of fused-ring (bicyclic) bond motifs is 2. The molecular formula is C20H17N3OS. The normalized spacial score (nSPS) is 10.9. The predicted octanol–water partition coefficient (Wildman–Crippen LogP) is 4.52. The predicted molar refractivity (Wildman–Crippen MR) is 105 cm³/mol. The summed E-state index contributed by atoms with van der Waals surface area (Å²) in [6.07, 6.45) is 0. The molecule has 124 valence electrons. The van der Waals surface area contributed by atoms with Crippen LogP contribution in [0, 0.1) is 0 Å². The first-order valence-electron chi connectivity index (χ1n) is 8.05. The van der Waals surface area contributed by atoms with Gasteiger partial charge in [-0.05, 0) is 23.6 Å². The highest BCUT2D eigenvalue weighted by Crippen LogP contribution is 2.28. The van der Waals surface area contributed by atoms with Gasteiger partial charge in [0.05, 0.1) is 16.8 Å². The molecule has 4 nitrogen and oxygen atoms in total. The molecule has 0 radical (unpaired) electrons.